The third kappa shape index (κ3) is 10.2. The number of benzene rings is 6. The molecule has 12 nitrogen and oxygen atoms in total. The minimum absolute atomic E-state index is 0.0106. The van der Waals surface area contributed by atoms with Crippen LogP contribution in [0, 0.1) is 0 Å². The van der Waals surface area contributed by atoms with Crippen molar-refractivity contribution in [1.82, 2.24) is 10.2 Å². The van der Waals surface area contributed by atoms with Crippen molar-refractivity contribution in [3.63, 3.8) is 0 Å². The number of sulfonamides is 2. The van der Waals surface area contributed by atoms with E-state index in [1.54, 1.807) is 36.5 Å². The van der Waals surface area contributed by atoms with Crippen LogP contribution in [0.2, 0.25) is 0 Å². The van der Waals surface area contributed by atoms with Gasteiger partial charge >= 0.3 is 0 Å². The number of H-pyrrole nitrogens is 1. The first-order chi connectivity index (χ1) is 30.9. The van der Waals surface area contributed by atoms with Gasteiger partial charge in [0.15, 0.2) is 23.2 Å². The molecule has 0 atom stereocenters. The fraction of sp³-hybridized carbons (Fsp3) is 0.122. The number of carbonyl (C=O) groups is 2. The van der Waals surface area contributed by atoms with E-state index in [-0.39, 0.29) is 57.7 Å². The zero-order valence-electron chi connectivity index (χ0n) is 34.1. The van der Waals surface area contributed by atoms with Crippen LogP contribution in [0.15, 0.2) is 193 Å². The summed E-state index contributed by atoms with van der Waals surface area (Å²) in [6.07, 6.45) is 2.98. The number of nitrogens with one attached hydrogen (secondary N) is 3. The molecule has 15 heteroatoms. The van der Waals surface area contributed by atoms with E-state index in [1.165, 1.54) is 12.1 Å². The van der Waals surface area contributed by atoms with E-state index < -0.39 is 20.0 Å². The summed E-state index contributed by atoms with van der Waals surface area (Å²) in [5.74, 6) is -0.920. The van der Waals surface area contributed by atoms with E-state index in [2.05, 4.69) is 45.6 Å². The maximum absolute atomic E-state index is 13.0. The Morgan fingerprint density at radius 3 is 1.33 bits per heavy atom. The molecule has 3 N–H and O–H groups in total. The maximum Gasteiger partial charge on any atom is 0.286 e. The monoisotopic (exact) mass is 952 g/mol. The van der Waals surface area contributed by atoms with E-state index in [0.717, 1.165) is 22.3 Å². The number of anilines is 2. The molecule has 0 aliphatic carbocycles. The average molecular weight is 954 g/mol. The number of ketones is 2. The predicted octanol–water partition coefficient (Wildman–Crippen LogP) is 9.91. The highest BCUT2D eigenvalue weighted by atomic mass is 79.9. The van der Waals surface area contributed by atoms with Crippen LogP contribution in [-0.2, 0) is 29.6 Å². The van der Waals surface area contributed by atoms with Crippen molar-refractivity contribution in [2.75, 3.05) is 10.6 Å². The highest BCUT2D eigenvalue weighted by molar-refractivity contribution is 9.10. The number of amidine groups is 2. The van der Waals surface area contributed by atoms with E-state index in [4.69, 9.17) is 0 Å². The van der Waals surface area contributed by atoms with Crippen LogP contribution in [0.4, 0.5) is 11.4 Å². The van der Waals surface area contributed by atoms with Crippen LogP contribution >= 0.6 is 15.9 Å². The molecule has 1 aromatic heterocycles. The van der Waals surface area contributed by atoms with E-state index in [9.17, 15) is 26.4 Å². The molecule has 0 radical (unpaired) electrons. The largest absolute Gasteiger partial charge is 0.335 e. The van der Waals surface area contributed by atoms with Crippen LogP contribution in [0.25, 0.3) is 11.3 Å². The van der Waals surface area contributed by atoms with Crippen molar-refractivity contribution >= 4 is 70.6 Å². The summed E-state index contributed by atoms with van der Waals surface area (Å²) in [4.78, 5) is 26.0. The second kappa shape index (κ2) is 19.3. The van der Waals surface area contributed by atoms with Crippen LogP contribution in [0.5, 0.6) is 0 Å². The number of halogens is 1. The highest BCUT2D eigenvalue weighted by Gasteiger charge is 2.31. The van der Waals surface area contributed by atoms with Gasteiger partial charge in [0.25, 0.3) is 20.0 Å². The summed E-state index contributed by atoms with van der Waals surface area (Å²) in [5, 5.41) is 12.5. The summed E-state index contributed by atoms with van der Waals surface area (Å²) in [6.45, 7) is 0. The van der Waals surface area contributed by atoms with Gasteiger partial charge in [0.05, 0.1) is 17.1 Å². The SMILES string of the molecule is O=C(CCC(c1ccccc1)c1ccccc1)C1=NS(=O)(=O)c2cc(-c3ccn[nH]3)ccc2N1.O=C(CCC(c1ccccc1)c1ccccc1)C1=NS(=O)(=O)c2cc(Br)ccc2N1. The zero-order chi connectivity index (χ0) is 44.7. The fourth-order valence-electron chi connectivity index (χ4n) is 7.70. The molecule has 64 heavy (non-hydrogen) atoms. The number of nitrogens with zero attached hydrogens (tertiary/aromatic N) is 3. The number of hydrogen-bond donors (Lipinski definition) is 3. The summed E-state index contributed by atoms with van der Waals surface area (Å²) < 4.78 is 59.0. The number of aromatic amines is 1. The van der Waals surface area contributed by atoms with Crippen LogP contribution in [0.1, 0.15) is 59.8 Å². The number of aromatic nitrogens is 2. The maximum atomic E-state index is 13.0. The van der Waals surface area contributed by atoms with Gasteiger partial charge in [0.1, 0.15) is 9.79 Å². The van der Waals surface area contributed by atoms with Crippen LogP contribution in [0.3, 0.4) is 0 Å². The van der Waals surface area contributed by atoms with Gasteiger partial charge in [0, 0.05) is 40.9 Å². The molecule has 0 saturated carbocycles. The third-order valence-electron chi connectivity index (χ3n) is 10.9. The molecule has 0 fully saturated rings. The number of Topliss-reactive ketones (excluding diaryl/α,β-unsaturated/α-hetero) is 2. The molecule has 322 valence electrons. The van der Waals surface area contributed by atoms with E-state index >= 15 is 0 Å². The summed E-state index contributed by atoms with van der Waals surface area (Å²) >= 11 is 3.26. The summed E-state index contributed by atoms with van der Waals surface area (Å²) in [7, 11) is -7.95. The molecule has 0 unspecified atom stereocenters. The highest BCUT2D eigenvalue weighted by Crippen LogP contribution is 2.35. The number of hydrogen-bond acceptors (Lipinski definition) is 9. The van der Waals surface area contributed by atoms with Crippen LogP contribution in [-0.4, -0.2) is 50.3 Å². The number of carbonyl (C=O) groups excluding carboxylic acids is 2. The molecule has 2 aliphatic heterocycles. The molecular formula is C49H41BrN6O6S2. The van der Waals surface area contributed by atoms with Crippen molar-refractivity contribution in [3.8, 4) is 11.3 Å². The van der Waals surface area contributed by atoms with Crippen LogP contribution < -0.4 is 10.6 Å². The quantitative estimate of drug-likeness (QED) is 0.101. The number of rotatable bonds is 13. The van der Waals surface area contributed by atoms with Crippen molar-refractivity contribution in [1.29, 1.82) is 0 Å². The molecule has 2 aliphatic rings. The Hall–Kier alpha value is -6.81. The topological polar surface area (TPSA) is 180 Å². The zero-order valence-corrected chi connectivity index (χ0v) is 37.4. The first-order valence-corrected chi connectivity index (χ1v) is 24.1. The Bertz CT molecular complexity index is 3000. The van der Waals surface area contributed by atoms with Gasteiger partial charge in [-0.2, -0.15) is 21.9 Å². The lowest BCUT2D eigenvalue weighted by Gasteiger charge is -2.20. The standard InChI is InChI=1S/C26H22N4O3S.C23H19BrN2O3S/c31-24(14-12-21(18-7-3-1-4-8-18)19-9-5-2-6-10-19)26-28-23-13-11-20(22-15-16-27-29-22)17-25(23)34(32,33)30-26;24-18-11-13-20-22(15-18)30(28,29)26-23(25-20)21(27)14-12-19(16-7-3-1-4-8-16)17-9-5-2-6-10-17/h1-11,13,15-17,21H,12,14H2,(H,27,29)(H,28,30);1-11,13,15,19H,12,14H2,(H,25,26). The van der Waals surface area contributed by atoms with Gasteiger partial charge in [-0.05, 0) is 71.5 Å². The Labute approximate surface area is 379 Å². The lowest BCUT2D eigenvalue weighted by atomic mass is 9.87. The van der Waals surface area contributed by atoms with E-state index in [1.807, 2.05) is 121 Å². The van der Waals surface area contributed by atoms with E-state index in [0.29, 0.717) is 39.9 Å². The summed E-state index contributed by atoms with van der Waals surface area (Å²) in [5.41, 5.74) is 6.48. The van der Waals surface area contributed by atoms with Crippen molar-refractivity contribution in [3.05, 3.63) is 197 Å². The average Bonchev–Trinajstić information content (AvgIpc) is 3.86. The molecule has 9 rings (SSSR count). The Balaban J connectivity index is 0.000000176. The van der Waals surface area contributed by atoms with Gasteiger partial charge in [-0.3, -0.25) is 14.7 Å². The molecule has 0 saturated heterocycles. The normalized spacial score (nSPS) is 14.4. The Kier molecular flexibility index (Phi) is 13.2. The van der Waals surface area contributed by atoms with Gasteiger partial charge in [-0.25, -0.2) is 0 Å². The van der Waals surface area contributed by atoms with Gasteiger partial charge in [-0.1, -0.05) is 143 Å². The Morgan fingerprint density at radius 1 is 0.516 bits per heavy atom. The lowest BCUT2D eigenvalue weighted by molar-refractivity contribution is -0.113. The first kappa shape index (κ1) is 43.8. The summed E-state index contributed by atoms with van der Waals surface area (Å²) in [6, 6.07) is 51.4. The van der Waals surface area contributed by atoms with Crippen molar-refractivity contribution in [2.24, 2.45) is 8.80 Å². The van der Waals surface area contributed by atoms with Crippen molar-refractivity contribution in [2.45, 2.75) is 47.3 Å². The number of fused-ring (bicyclic) bond motifs is 2. The molecule has 0 amide bonds. The molecule has 3 heterocycles. The second-order valence-electron chi connectivity index (χ2n) is 15.1. The molecule has 0 bridgehead atoms. The third-order valence-corrected chi connectivity index (χ3v) is 14.0. The molecule has 6 aromatic carbocycles. The molecule has 0 spiro atoms. The minimum atomic E-state index is -4.02. The minimum Gasteiger partial charge on any atom is -0.335 e. The van der Waals surface area contributed by atoms with Crippen molar-refractivity contribution < 1.29 is 26.4 Å². The fourth-order valence-corrected chi connectivity index (χ4v) is 10.5. The molecular weight excluding hydrogens is 913 g/mol. The van der Waals surface area contributed by atoms with Gasteiger partial charge in [0.2, 0.25) is 0 Å². The Morgan fingerprint density at radius 2 is 0.922 bits per heavy atom. The molecule has 7 aromatic rings. The smallest absolute Gasteiger partial charge is 0.286 e. The first-order valence-electron chi connectivity index (χ1n) is 20.4. The van der Waals surface area contributed by atoms with Gasteiger partial charge in [-0.15, -0.1) is 8.80 Å². The predicted molar refractivity (Wildman–Crippen MR) is 253 cm³/mol. The second-order valence-corrected chi connectivity index (χ2v) is 19.1. The lowest BCUT2D eigenvalue weighted by Crippen LogP contribution is -2.29. The van der Waals surface area contributed by atoms with Gasteiger partial charge < -0.3 is 10.6 Å².